The second kappa shape index (κ2) is 13.2. The largest absolute Gasteiger partial charge is 2.00 e. The number of unbranched alkanes of at least 4 members (excludes halogenated alkanes) is 4. The summed E-state index contributed by atoms with van der Waals surface area (Å²) in [6, 6.07) is 0. The molecule has 0 rings (SSSR count). The quantitative estimate of drug-likeness (QED) is 0.489. The Labute approximate surface area is 80.6 Å². The molecule has 0 N–H and O–H groups in total. The molecule has 0 fully saturated rings. The summed E-state index contributed by atoms with van der Waals surface area (Å²) in [5, 5.41) is 0. The van der Waals surface area contributed by atoms with Crippen LogP contribution in [0.5, 0.6) is 0 Å². The van der Waals surface area contributed by atoms with Crippen LogP contribution in [0.1, 0.15) is 39.0 Å². The molecule has 1 atom stereocenters. The van der Waals surface area contributed by atoms with E-state index >= 15 is 0 Å². The van der Waals surface area contributed by atoms with Crippen LogP contribution in [0.2, 0.25) is 0 Å². The van der Waals surface area contributed by atoms with Crippen molar-refractivity contribution < 1.29 is 25.9 Å². The van der Waals surface area contributed by atoms with E-state index in [1.807, 2.05) is 0 Å². The standard InChI is InChI=1S/C7H16O2P.Co/c1-2-3-4-5-6-7-9-10-8;/h10H,2-7H2,1H3;/q+1;+2. The molecular formula is C7H16CoO2P+3. The van der Waals surface area contributed by atoms with Gasteiger partial charge in [-0.15, -0.1) is 4.52 Å². The first-order valence-corrected chi connectivity index (χ1v) is 4.72. The second-order valence-electron chi connectivity index (χ2n) is 2.35. The molecule has 11 heavy (non-hydrogen) atoms. The van der Waals surface area contributed by atoms with Gasteiger partial charge in [-0.1, -0.05) is 32.6 Å². The summed E-state index contributed by atoms with van der Waals surface area (Å²) >= 11 is 0. The maximum absolute atomic E-state index is 9.82. The zero-order chi connectivity index (χ0) is 7.66. The first kappa shape index (κ1) is 14.1. The van der Waals surface area contributed by atoms with Crippen LogP contribution in [-0.2, 0) is 25.9 Å². The van der Waals surface area contributed by atoms with Crippen LogP contribution in [0.25, 0.3) is 0 Å². The van der Waals surface area contributed by atoms with Gasteiger partial charge in [0.1, 0.15) is 6.61 Å². The van der Waals surface area contributed by atoms with E-state index in [-0.39, 0.29) is 16.8 Å². The van der Waals surface area contributed by atoms with Crippen molar-refractivity contribution in [1.29, 1.82) is 0 Å². The van der Waals surface area contributed by atoms with E-state index in [4.69, 9.17) is 0 Å². The average molecular weight is 222 g/mol. The van der Waals surface area contributed by atoms with Crippen LogP contribution < -0.4 is 0 Å². The van der Waals surface area contributed by atoms with E-state index in [1.54, 1.807) is 0 Å². The molecule has 67 valence electrons. The van der Waals surface area contributed by atoms with Crippen LogP contribution >= 0.6 is 8.69 Å². The Bertz CT molecular complexity index is 80.8. The first-order valence-electron chi connectivity index (χ1n) is 3.90. The van der Waals surface area contributed by atoms with E-state index in [1.165, 1.54) is 25.7 Å². The van der Waals surface area contributed by atoms with Crippen LogP contribution in [0.15, 0.2) is 0 Å². The van der Waals surface area contributed by atoms with Gasteiger partial charge in [-0.05, 0) is 11.0 Å². The molecule has 0 aromatic rings. The summed E-state index contributed by atoms with van der Waals surface area (Å²) < 4.78 is 14.5. The van der Waals surface area contributed by atoms with Crippen molar-refractivity contribution in [3.8, 4) is 0 Å². The first-order chi connectivity index (χ1) is 4.91. The molecular weight excluding hydrogens is 206 g/mol. The van der Waals surface area contributed by atoms with Crippen molar-refractivity contribution in [1.82, 2.24) is 0 Å². The van der Waals surface area contributed by atoms with Crippen molar-refractivity contribution in [3.05, 3.63) is 0 Å². The fourth-order valence-electron chi connectivity index (χ4n) is 0.819. The molecule has 0 aliphatic heterocycles. The van der Waals surface area contributed by atoms with Crippen molar-refractivity contribution in [2.45, 2.75) is 39.0 Å². The van der Waals surface area contributed by atoms with E-state index in [0.717, 1.165) is 6.42 Å². The summed E-state index contributed by atoms with van der Waals surface area (Å²) in [4.78, 5) is 0. The fourth-order valence-corrected chi connectivity index (χ4v) is 1.05. The van der Waals surface area contributed by atoms with Gasteiger partial charge in [0, 0.05) is 0 Å². The maximum Gasteiger partial charge on any atom is 2.00 e. The van der Waals surface area contributed by atoms with Gasteiger partial charge >= 0.3 is 25.5 Å². The molecule has 1 unspecified atom stereocenters. The van der Waals surface area contributed by atoms with Gasteiger partial charge in [0.15, 0.2) is 0 Å². The smallest absolute Gasteiger partial charge is 0.148 e. The summed E-state index contributed by atoms with van der Waals surface area (Å²) in [5.41, 5.74) is 0. The predicted octanol–water partition coefficient (Wildman–Crippen LogP) is 2.91. The Hall–Kier alpha value is 0.566. The van der Waals surface area contributed by atoms with Crippen molar-refractivity contribution in [2.24, 2.45) is 0 Å². The minimum Gasteiger partial charge on any atom is -0.148 e. The molecule has 0 heterocycles. The molecule has 0 saturated heterocycles. The third kappa shape index (κ3) is 13.5. The molecule has 0 aliphatic carbocycles. The maximum atomic E-state index is 9.82. The van der Waals surface area contributed by atoms with E-state index < -0.39 is 8.69 Å². The number of hydrogen-bond donors (Lipinski definition) is 0. The second-order valence-corrected chi connectivity index (χ2v) is 2.80. The topological polar surface area (TPSA) is 26.3 Å². The van der Waals surface area contributed by atoms with Crippen molar-refractivity contribution in [3.63, 3.8) is 0 Å². The van der Waals surface area contributed by atoms with Gasteiger partial charge in [-0.3, -0.25) is 0 Å². The molecule has 1 radical (unpaired) electrons. The van der Waals surface area contributed by atoms with E-state index in [9.17, 15) is 4.57 Å². The van der Waals surface area contributed by atoms with Gasteiger partial charge in [0.2, 0.25) is 0 Å². The van der Waals surface area contributed by atoms with Crippen LogP contribution in [0, 0.1) is 0 Å². The van der Waals surface area contributed by atoms with Crippen LogP contribution in [-0.4, -0.2) is 6.61 Å². The zero-order valence-electron chi connectivity index (χ0n) is 6.89. The third-order valence-corrected chi connectivity index (χ3v) is 1.73. The Morgan fingerprint density at radius 3 is 2.36 bits per heavy atom. The number of rotatable bonds is 7. The molecule has 0 aromatic heterocycles. The minimum atomic E-state index is -0.580. The zero-order valence-corrected chi connectivity index (χ0v) is 8.93. The van der Waals surface area contributed by atoms with Crippen LogP contribution in [0.3, 0.4) is 0 Å². The Balaban J connectivity index is 0. The summed E-state index contributed by atoms with van der Waals surface area (Å²) in [6.07, 6.45) is 6.11. The third-order valence-electron chi connectivity index (χ3n) is 1.41. The summed E-state index contributed by atoms with van der Waals surface area (Å²) in [5.74, 6) is 0. The van der Waals surface area contributed by atoms with Gasteiger partial charge < -0.3 is 0 Å². The molecule has 0 bridgehead atoms. The normalized spacial score (nSPS) is 9.55. The molecule has 0 saturated carbocycles. The predicted molar refractivity (Wildman–Crippen MR) is 43.7 cm³/mol. The molecule has 2 nitrogen and oxygen atoms in total. The molecule has 0 amide bonds. The Morgan fingerprint density at radius 1 is 1.18 bits per heavy atom. The fraction of sp³-hybridized carbons (Fsp3) is 1.00. The van der Waals surface area contributed by atoms with Gasteiger partial charge in [-0.2, -0.15) is 0 Å². The Morgan fingerprint density at radius 2 is 1.82 bits per heavy atom. The molecule has 0 aliphatic rings. The monoisotopic (exact) mass is 222 g/mol. The van der Waals surface area contributed by atoms with Gasteiger partial charge in [-0.25, -0.2) is 0 Å². The van der Waals surface area contributed by atoms with Crippen LogP contribution in [0.4, 0.5) is 0 Å². The summed E-state index contributed by atoms with van der Waals surface area (Å²) in [6.45, 7) is 2.85. The molecule has 4 heteroatoms. The number of hydrogen-bond acceptors (Lipinski definition) is 2. The summed E-state index contributed by atoms with van der Waals surface area (Å²) in [7, 11) is -0.580. The van der Waals surface area contributed by atoms with Gasteiger partial charge in [0.25, 0.3) is 0 Å². The average Bonchev–Trinajstić information content (AvgIpc) is 1.97. The van der Waals surface area contributed by atoms with E-state index in [0.29, 0.717) is 6.61 Å². The SMILES string of the molecule is CCCCCCCO[PH+]=O.[Co+2]. The van der Waals surface area contributed by atoms with Crippen molar-refractivity contribution >= 4 is 8.69 Å². The van der Waals surface area contributed by atoms with Gasteiger partial charge in [0.05, 0.1) is 0 Å². The molecule has 0 spiro atoms. The Kier molecular flexibility index (Phi) is 16.9. The van der Waals surface area contributed by atoms with Crippen molar-refractivity contribution in [2.75, 3.05) is 6.61 Å². The molecule has 0 aromatic carbocycles. The van der Waals surface area contributed by atoms with E-state index in [2.05, 4.69) is 11.4 Å². The minimum absolute atomic E-state index is 0.